The summed E-state index contributed by atoms with van der Waals surface area (Å²) in [6, 6.07) is 10.2. The number of halogens is 2. The number of nitrogens with zero attached hydrogens (tertiary/aromatic N) is 1. The van der Waals surface area contributed by atoms with Crippen LogP contribution in [0.1, 0.15) is 56.7 Å². The molecule has 7 nitrogen and oxygen atoms in total. The van der Waals surface area contributed by atoms with E-state index in [0.717, 1.165) is 30.2 Å². The standard InChI is InChI=1S/C28H41F2N3O4S/c1-4-11-33(12-5-2)38(36,37)13-10-28(35)32-26(17-23-15-24(29)18-25(30)16-23)27(34)20-31-19-22-9-7-8-21(6-3)14-22/h7-9,14-16,18,26-27,31,34H,4-6,10-13,17,19-20H2,1-3H3,(H,32,35)/t26-,27-/m0/s1. The van der Waals surface area contributed by atoms with Crippen LogP contribution in [-0.4, -0.2) is 61.3 Å². The highest BCUT2D eigenvalue weighted by Crippen LogP contribution is 2.13. The number of hydrogen-bond acceptors (Lipinski definition) is 5. The molecule has 0 aliphatic carbocycles. The molecule has 0 saturated carbocycles. The van der Waals surface area contributed by atoms with Crippen molar-refractivity contribution in [2.24, 2.45) is 0 Å². The Morgan fingerprint density at radius 2 is 1.61 bits per heavy atom. The number of carbonyl (C=O) groups is 1. The topological polar surface area (TPSA) is 98.7 Å². The number of benzene rings is 2. The summed E-state index contributed by atoms with van der Waals surface area (Å²) in [4.78, 5) is 12.8. The van der Waals surface area contributed by atoms with Crippen molar-refractivity contribution in [1.82, 2.24) is 14.9 Å². The molecule has 0 aromatic heterocycles. The molecule has 0 saturated heterocycles. The second-order valence-corrected chi connectivity index (χ2v) is 11.6. The van der Waals surface area contributed by atoms with E-state index in [0.29, 0.717) is 32.5 Å². The Labute approximate surface area is 225 Å². The van der Waals surface area contributed by atoms with Gasteiger partial charge in [0.05, 0.1) is 17.9 Å². The Morgan fingerprint density at radius 1 is 0.974 bits per heavy atom. The number of aryl methyl sites for hydroxylation is 1. The SMILES string of the molecule is CCCN(CCC)S(=O)(=O)CCC(=O)N[C@@H](Cc1cc(F)cc(F)c1)[C@@H](O)CNCc1cccc(CC)c1. The zero-order valence-electron chi connectivity index (χ0n) is 22.6. The third-order valence-electron chi connectivity index (χ3n) is 6.20. The first-order valence-electron chi connectivity index (χ1n) is 13.3. The Bertz CT molecular complexity index is 1100. The quantitative estimate of drug-likeness (QED) is 0.278. The minimum Gasteiger partial charge on any atom is -0.390 e. The fraction of sp³-hybridized carbons (Fsp3) is 0.536. The number of amides is 1. The van der Waals surface area contributed by atoms with Crippen molar-refractivity contribution in [3.63, 3.8) is 0 Å². The number of aliphatic hydroxyl groups is 1. The molecule has 38 heavy (non-hydrogen) atoms. The van der Waals surface area contributed by atoms with E-state index in [2.05, 4.69) is 23.6 Å². The van der Waals surface area contributed by atoms with Gasteiger partial charge in [0, 0.05) is 38.7 Å². The number of hydrogen-bond donors (Lipinski definition) is 3. The van der Waals surface area contributed by atoms with E-state index < -0.39 is 39.7 Å². The van der Waals surface area contributed by atoms with Gasteiger partial charge in [0.2, 0.25) is 15.9 Å². The molecule has 2 rings (SSSR count). The first-order chi connectivity index (χ1) is 18.1. The van der Waals surface area contributed by atoms with E-state index in [1.165, 1.54) is 9.87 Å². The van der Waals surface area contributed by atoms with Gasteiger partial charge in [-0.3, -0.25) is 4.79 Å². The van der Waals surface area contributed by atoms with Crippen LogP contribution in [0.3, 0.4) is 0 Å². The molecule has 2 aromatic carbocycles. The molecule has 0 heterocycles. The van der Waals surface area contributed by atoms with Crippen LogP contribution in [0.4, 0.5) is 8.78 Å². The summed E-state index contributed by atoms with van der Waals surface area (Å²) in [6.45, 7) is 7.21. The third-order valence-corrected chi connectivity index (χ3v) is 8.07. The number of aliphatic hydroxyl groups excluding tert-OH is 1. The molecule has 0 aliphatic heterocycles. The first kappa shape index (κ1) is 31.8. The highest BCUT2D eigenvalue weighted by Gasteiger charge is 2.25. The Balaban J connectivity index is 2.07. The highest BCUT2D eigenvalue weighted by atomic mass is 32.2. The summed E-state index contributed by atoms with van der Waals surface area (Å²) < 4.78 is 54.4. The monoisotopic (exact) mass is 553 g/mol. The fourth-order valence-corrected chi connectivity index (χ4v) is 5.87. The van der Waals surface area contributed by atoms with Gasteiger partial charge in [-0.2, -0.15) is 0 Å². The zero-order valence-corrected chi connectivity index (χ0v) is 23.4. The molecule has 0 bridgehead atoms. The van der Waals surface area contributed by atoms with Crippen molar-refractivity contribution in [2.75, 3.05) is 25.4 Å². The molecule has 3 N–H and O–H groups in total. The van der Waals surface area contributed by atoms with Gasteiger partial charge in [-0.15, -0.1) is 0 Å². The third kappa shape index (κ3) is 10.8. The summed E-state index contributed by atoms with van der Waals surface area (Å²) in [5.41, 5.74) is 2.50. The molecule has 1 amide bonds. The minimum absolute atomic E-state index is 0.0286. The lowest BCUT2D eigenvalue weighted by Gasteiger charge is -2.25. The molecule has 0 radical (unpaired) electrons. The van der Waals surface area contributed by atoms with Crippen LogP contribution < -0.4 is 10.6 Å². The molecule has 212 valence electrons. The van der Waals surface area contributed by atoms with E-state index >= 15 is 0 Å². The van der Waals surface area contributed by atoms with Crippen LogP contribution in [0.5, 0.6) is 0 Å². The van der Waals surface area contributed by atoms with Crippen LogP contribution in [0, 0.1) is 11.6 Å². The van der Waals surface area contributed by atoms with Crippen LogP contribution in [0.2, 0.25) is 0 Å². The predicted octanol–water partition coefficient (Wildman–Crippen LogP) is 3.55. The smallest absolute Gasteiger partial charge is 0.221 e. The fourth-order valence-electron chi connectivity index (χ4n) is 4.25. The number of rotatable bonds is 17. The van der Waals surface area contributed by atoms with Crippen molar-refractivity contribution in [3.05, 3.63) is 70.8 Å². The average Bonchev–Trinajstić information content (AvgIpc) is 2.86. The molecule has 2 atom stereocenters. The van der Waals surface area contributed by atoms with Crippen molar-refractivity contribution in [1.29, 1.82) is 0 Å². The number of sulfonamides is 1. The highest BCUT2D eigenvalue weighted by molar-refractivity contribution is 7.89. The molecule has 10 heteroatoms. The second-order valence-electron chi connectivity index (χ2n) is 9.49. The average molecular weight is 554 g/mol. The predicted molar refractivity (Wildman–Crippen MR) is 146 cm³/mol. The molecular formula is C28H41F2N3O4S. The van der Waals surface area contributed by atoms with Crippen LogP contribution in [0.25, 0.3) is 0 Å². The summed E-state index contributed by atoms with van der Waals surface area (Å²) in [5, 5.41) is 16.8. The van der Waals surface area contributed by atoms with Gasteiger partial charge in [0.25, 0.3) is 0 Å². The second kappa shape index (κ2) is 15.9. The summed E-state index contributed by atoms with van der Waals surface area (Å²) in [6.07, 6.45) is 0.829. The van der Waals surface area contributed by atoms with Crippen molar-refractivity contribution >= 4 is 15.9 Å². The lowest BCUT2D eigenvalue weighted by molar-refractivity contribution is -0.122. The van der Waals surface area contributed by atoms with E-state index in [-0.39, 0.29) is 30.7 Å². The van der Waals surface area contributed by atoms with Gasteiger partial charge in [-0.25, -0.2) is 21.5 Å². The first-order valence-corrected chi connectivity index (χ1v) is 14.9. The normalized spacial score (nSPS) is 13.4. The Hall–Kier alpha value is -2.40. The Kier molecular flexibility index (Phi) is 13.3. The summed E-state index contributed by atoms with van der Waals surface area (Å²) in [5.74, 6) is -2.43. The van der Waals surface area contributed by atoms with E-state index in [1.807, 2.05) is 32.0 Å². The number of carbonyl (C=O) groups excluding carboxylic acids is 1. The van der Waals surface area contributed by atoms with Crippen LogP contribution in [-0.2, 0) is 34.2 Å². The van der Waals surface area contributed by atoms with Crippen LogP contribution in [0.15, 0.2) is 42.5 Å². The maximum absolute atomic E-state index is 13.8. The molecule has 0 aliphatic rings. The van der Waals surface area contributed by atoms with E-state index in [1.54, 1.807) is 0 Å². The summed E-state index contributed by atoms with van der Waals surface area (Å²) >= 11 is 0. The Morgan fingerprint density at radius 3 is 2.21 bits per heavy atom. The minimum atomic E-state index is -3.62. The lowest BCUT2D eigenvalue weighted by atomic mass is 10.0. The largest absolute Gasteiger partial charge is 0.390 e. The van der Waals surface area contributed by atoms with E-state index in [4.69, 9.17) is 0 Å². The maximum atomic E-state index is 13.8. The van der Waals surface area contributed by atoms with Gasteiger partial charge < -0.3 is 15.7 Å². The molecule has 0 unspecified atom stereocenters. The van der Waals surface area contributed by atoms with Gasteiger partial charge in [-0.05, 0) is 54.5 Å². The lowest BCUT2D eigenvalue weighted by Crippen LogP contribution is -2.49. The van der Waals surface area contributed by atoms with Crippen molar-refractivity contribution in [3.8, 4) is 0 Å². The van der Waals surface area contributed by atoms with Gasteiger partial charge in [-0.1, -0.05) is 45.0 Å². The van der Waals surface area contributed by atoms with Gasteiger partial charge >= 0.3 is 0 Å². The molecule has 2 aromatic rings. The molecule has 0 fully saturated rings. The van der Waals surface area contributed by atoms with Crippen molar-refractivity contribution < 1.29 is 27.1 Å². The molecule has 0 spiro atoms. The number of nitrogens with one attached hydrogen (secondary N) is 2. The van der Waals surface area contributed by atoms with Gasteiger partial charge in [0.15, 0.2) is 0 Å². The maximum Gasteiger partial charge on any atom is 0.221 e. The van der Waals surface area contributed by atoms with Crippen LogP contribution >= 0.6 is 0 Å². The molecular weight excluding hydrogens is 512 g/mol. The van der Waals surface area contributed by atoms with Gasteiger partial charge in [0.1, 0.15) is 11.6 Å². The van der Waals surface area contributed by atoms with Crippen molar-refractivity contribution in [2.45, 2.75) is 71.6 Å². The van der Waals surface area contributed by atoms with E-state index in [9.17, 15) is 27.1 Å². The summed E-state index contributed by atoms with van der Waals surface area (Å²) in [7, 11) is -3.62. The zero-order chi connectivity index (χ0) is 28.1.